The Morgan fingerprint density at radius 1 is 1.09 bits per heavy atom. The third-order valence-electron chi connectivity index (χ3n) is 8.01. The molecule has 3 aliphatic carbocycles. The Hall–Kier alpha value is -1.28. The Morgan fingerprint density at radius 2 is 2.00 bits per heavy atom. The van der Waals surface area contributed by atoms with Gasteiger partial charge in [-0.1, -0.05) is 30.4 Å². The van der Waals surface area contributed by atoms with Crippen molar-refractivity contribution in [3.05, 3.63) is 42.0 Å². The summed E-state index contributed by atoms with van der Waals surface area (Å²) in [5.41, 5.74) is 5.48. The molecule has 4 atom stereocenters. The minimum Gasteiger partial charge on any atom is -0.375 e. The molecule has 114 valence electrons. The number of hydrogen-bond donors (Lipinski definition) is 1. The zero-order valence-corrected chi connectivity index (χ0v) is 13.2. The van der Waals surface area contributed by atoms with E-state index in [0.29, 0.717) is 10.8 Å². The highest BCUT2D eigenvalue weighted by Gasteiger charge is 2.76. The maximum Gasteiger partial charge on any atom is 0.0696 e. The molecular formula is C20H24N2. The van der Waals surface area contributed by atoms with Crippen molar-refractivity contribution < 1.29 is 0 Å². The highest BCUT2D eigenvalue weighted by Crippen LogP contribution is 2.73. The molecular weight excluding hydrogens is 268 g/mol. The normalized spacial score (nSPS) is 47.8. The van der Waals surface area contributed by atoms with Crippen LogP contribution in [0.15, 0.2) is 36.4 Å². The molecule has 1 aromatic carbocycles. The number of anilines is 1. The van der Waals surface area contributed by atoms with Crippen molar-refractivity contribution in [2.24, 2.45) is 5.41 Å². The average Bonchev–Trinajstić information content (AvgIpc) is 3.07. The predicted molar refractivity (Wildman–Crippen MR) is 89.1 cm³/mol. The van der Waals surface area contributed by atoms with E-state index in [1.54, 1.807) is 5.56 Å². The highest BCUT2D eigenvalue weighted by molar-refractivity contribution is 5.71. The number of fused-ring (bicyclic) bond motifs is 3. The molecule has 3 heterocycles. The third-order valence-corrected chi connectivity index (χ3v) is 8.01. The first-order valence-electron chi connectivity index (χ1n) is 9.02. The molecule has 3 saturated carbocycles. The van der Waals surface area contributed by atoms with Crippen LogP contribution in [0.1, 0.15) is 44.1 Å². The Balaban J connectivity index is 1.70. The molecule has 0 amide bonds. The van der Waals surface area contributed by atoms with Gasteiger partial charge in [-0.25, -0.2) is 0 Å². The zero-order valence-electron chi connectivity index (χ0n) is 13.2. The smallest absolute Gasteiger partial charge is 0.0696 e. The van der Waals surface area contributed by atoms with Crippen LogP contribution in [0.25, 0.3) is 0 Å². The first kappa shape index (κ1) is 12.2. The highest BCUT2D eigenvalue weighted by atomic mass is 15.3. The Labute approximate surface area is 132 Å². The van der Waals surface area contributed by atoms with Gasteiger partial charge in [-0.3, -0.25) is 4.90 Å². The van der Waals surface area contributed by atoms with Crippen LogP contribution in [-0.4, -0.2) is 29.6 Å². The van der Waals surface area contributed by atoms with Crippen LogP contribution in [0, 0.1) is 5.41 Å². The van der Waals surface area contributed by atoms with Gasteiger partial charge >= 0.3 is 0 Å². The Morgan fingerprint density at radius 3 is 2.91 bits per heavy atom. The number of piperidine rings is 1. The van der Waals surface area contributed by atoms with Gasteiger partial charge in [-0.05, 0) is 68.7 Å². The van der Waals surface area contributed by atoms with E-state index in [9.17, 15) is 0 Å². The van der Waals surface area contributed by atoms with E-state index < -0.39 is 0 Å². The average molecular weight is 292 g/mol. The van der Waals surface area contributed by atoms with Crippen molar-refractivity contribution in [3.63, 3.8) is 0 Å². The van der Waals surface area contributed by atoms with Gasteiger partial charge in [-0.2, -0.15) is 0 Å². The van der Waals surface area contributed by atoms with Crippen molar-refractivity contribution in [2.45, 2.75) is 55.5 Å². The summed E-state index contributed by atoms with van der Waals surface area (Å²) in [5, 5.41) is 4.01. The molecule has 0 aromatic heterocycles. The van der Waals surface area contributed by atoms with Crippen molar-refractivity contribution >= 4 is 5.69 Å². The number of nitrogens with one attached hydrogen (secondary N) is 1. The molecule has 5 fully saturated rings. The molecule has 2 saturated heterocycles. The predicted octanol–water partition coefficient (Wildman–Crippen LogP) is 3.70. The van der Waals surface area contributed by atoms with Crippen molar-refractivity contribution in [1.29, 1.82) is 0 Å². The Kier molecular flexibility index (Phi) is 1.91. The lowest BCUT2D eigenvalue weighted by molar-refractivity contribution is -0.0718. The van der Waals surface area contributed by atoms with E-state index >= 15 is 0 Å². The number of nitrogens with zero attached hydrogens (tertiary/aromatic N) is 1. The number of rotatable bonds is 0. The summed E-state index contributed by atoms with van der Waals surface area (Å²) < 4.78 is 0. The zero-order chi connectivity index (χ0) is 14.6. The minimum absolute atomic E-state index is 0.148. The molecule has 2 bridgehead atoms. The maximum absolute atomic E-state index is 4.63. The van der Waals surface area contributed by atoms with E-state index in [-0.39, 0.29) is 5.54 Å². The van der Waals surface area contributed by atoms with E-state index in [1.807, 2.05) is 0 Å². The van der Waals surface area contributed by atoms with Crippen LogP contribution in [-0.2, 0) is 5.41 Å². The summed E-state index contributed by atoms with van der Waals surface area (Å²) in [5.74, 6) is 0. The molecule has 22 heavy (non-hydrogen) atoms. The molecule has 1 N–H and O–H groups in total. The lowest BCUT2D eigenvalue weighted by Crippen LogP contribution is -2.73. The van der Waals surface area contributed by atoms with Gasteiger partial charge in [0, 0.05) is 17.1 Å². The molecule has 3 aliphatic heterocycles. The van der Waals surface area contributed by atoms with Crippen molar-refractivity contribution in [2.75, 3.05) is 18.4 Å². The fraction of sp³-hybridized carbons (Fsp3) is 0.600. The molecule has 2 nitrogen and oxygen atoms in total. The molecule has 1 aromatic rings. The summed E-state index contributed by atoms with van der Waals surface area (Å²) in [7, 11) is 0. The Bertz CT molecular complexity index is 709. The van der Waals surface area contributed by atoms with Gasteiger partial charge in [0.1, 0.15) is 0 Å². The summed E-state index contributed by atoms with van der Waals surface area (Å²) in [4.78, 5) is 2.85. The van der Waals surface area contributed by atoms with Crippen LogP contribution >= 0.6 is 0 Å². The fourth-order valence-corrected chi connectivity index (χ4v) is 7.51. The van der Waals surface area contributed by atoms with Crippen molar-refractivity contribution in [3.8, 4) is 0 Å². The van der Waals surface area contributed by atoms with Crippen LogP contribution in [0.3, 0.4) is 0 Å². The standard InChI is InChI=1S/C20H24N2/c1-14-13-18-7-4-11-22-12-10-19(17(18)22)15-5-2-3-6-16(15)21-20(14,19)9-8-18/h2-3,5-6,17,21H,1,4,7-13H2/t17-,18?,19+,20?/m0/s1. The second kappa shape index (κ2) is 3.46. The lowest BCUT2D eigenvalue weighted by atomic mass is 9.41. The van der Waals surface area contributed by atoms with Gasteiger partial charge in [0.25, 0.3) is 0 Å². The lowest BCUT2D eigenvalue weighted by Gasteiger charge is -2.67. The summed E-state index contributed by atoms with van der Waals surface area (Å²) >= 11 is 0. The van der Waals surface area contributed by atoms with Crippen LogP contribution in [0.4, 0.5) is 5.69 Å². The molecule has 3 spiro atoms. The first-order chi connectivity index (χ1) is 10.7. The molecule has 2 heteroatoms. The first-order valence-corrected chi connectivity index (χ1v) is 9.02. The van der Waals surface area contributed by atoms with E-state index in [1.165, 1.54) is 62.9 Å². The third kappa shape index (κ3) is 0.999. The second-order valence-corrected chi connectivity index (χ2v) is 8.48. The van der Waals surface area contributed by atoms with Gasteiger partial charge < -0.3 is 5.32 Å². The second-order valence-electron chi connectivity index (χ2n) is 8.48. The number of hydrogen-bond acceptors (Lipinski definition) is 2. The molecule has 2 unspecified atom stereocenters. The number of benzene rings is 1. The molecule has 6 aliphatic rings. The van der Waals surface area contributed by atoms with E-state index in [4.69, 9.17) is 0 Å². The van der Waals surface area contributed by atoms with Crippen molar-refractivity contribution in [1.82, 2.24) is 4.90 Å². The van der Waals surface area contributed by atoms with Gasteiger partial charge in [0.05, 0.1) is 5.54 Å². The SMILES string of the molecule is C=C1CC23CCCN4CC[C@@]5(c6ccccc6NC15CC2)[C@@H]43. The quantitative estimate of drug-likeness (QED) is 0.734. The van der Waals surface area contributed by atoms with Gasteiger partial charge in [-0.15, -0.1) is 0 Å². The van der Waals surface area contributed by atoms with Gasteiger partial charge in [0.15, 0.2) is 0 Å². The van der Waals surface area contributed by atoms with E-state index in [0.717, 1.165) is 6.04 Å². The minimum atomic E-state index is 0.148. The monoisotopic (exact) mass is 292 g/mol. The number of para-hydroxylation sites is 1. The molecule has 7 rings (SSSR count). The van der Waals surface area contributed by atoms with E-state index in [2.05, 4.69) is 41.1 Å². The van der Waals surface area contributed by atoms with Crippen LogP contribution < -0.4 is 5.32 Å². The van der Waals surface area contributed by atoms with Gasteiger partial charge in [0.2, 0.25) is 0 Å². The fourth-order valence-electron chi connectivity index (χ4n) is 7.51. The summed E-state index contributed by atoms with van der Waals surface area (Å²) in [6.07, 6.45) is 8.09. The maximum atomic E-state index is 4.63. The summed E-state index contributed by atoms with van der Waals surface area (Å²) in [6, 6.07) is 9.91. The summed E-state index contributed by atoms with van der Waals surface area (Å²) in [6.45, 7) is 7.24. The van der Waals surface area contributed by atoms with Crippen LogP contribution in [0.5, 0.6) is 0 Å². The van der Waals surface area contributed by atoms with Crippen LogP contribution in [0.2, 0.25) is 0 Å². The topological polar surface area (TPSA) is 15.3 Å². The largest absolute Gasteiger partial charge is 0.375 e. The molecule has 0 radical (unpaired) electrons.